The summed E-state index contributed by atoms with van der Waals surface area (Å²) in [6.45, 7) is 2.29. The molecular formula is C12H24N2O3S. The van der Waals surface area contributed by atoms with Crippen LogP contribution in [0.25, 0.3) is 0 Å². The molecule has 0 saturated carbocycles. The van der Waals surface area contributed by atoms with E-state index in [1.54, 1.807) is 7.05 Å². The van der Waals surface area contributed by atoms with Crippen molar-refractivity contribution in [1.82, 2.24) is 9.62 Å². The number of ether oxygens (including phenoxy) is 1. The molecule has 0 radical (unpaired) electrons. The van der Waals surface area contributed by atoms with E-state index in [-0.39, 0.29) is 11.9 Å². The summed E-state index contributed by atoms with van der Waals surface area (Å²) in [6, 6.07) is 0.308. The van der Waals surface area contributed by atoms with Gasteiger partial charge in [-0.1, -0.05) is 6.42 Å². The summed E-state index contributed by atoms with van der Waals surface area (Å²) in [5.41, 5.74) is 0. The van der Waals surface area contributed by atoms with E-state index in [0.29, 0.717) is 19.2 Å². The molecule has 106 valence electrons. The molecule has 6 heteroatoms. The van der Waals surface area contributed by atoms with E-state index in [1.807, 2.05) is 0 Å². The second-order valence-electron chi connectivity index (χ2n) is 5.34. The Hall–Kier alpha value is -0.170. The lowest BCUT2D eigenvalue weighted by atomic mass is 10.1. The van der Waals surface area contributed by atoms with Gasteiger partial charge in [0, 0.05) is 26.2 Å². The predicted molar refractivity (Wildman–Crippen MR) is 71.0 cm³/mol. The van der Waals surface area contributed by atoms with Crippen LogP contribution >= 0.6 is 0 Å². The monoisotopic (exact) mass is 276 g/mol. The molecule has 18 heavy (non-hydrogen) atoms. The molecule has 0 amide bonds. The van der Waals surface area contributed by atoms with Crippen molar-refractivity contribution in [2.24, 2.45) is 0 Å². The van der Waals surface area contributed by atoms with Gasteiger partial charge in [0.1, 0.15) is 0 Å². The first-order chi connectivity index (χ1) is 8.58. The number of hydrogen-bond acceptors (Lipinski definition) is 4. The minimum atomic E-state index is -3.17. The molecular weight excluding hydrogens is 252 g/mol. The molecule has 2 aliphatic heterocycles. The van der Waals surface area contributed by atoms with E-state index < -0.39 is 10.0 Å². The molecule has 0 aliphatic carbocycles. The lowest BCUT2D eigenvalue weighted by Crippen LogP contribution is -2.45. The Morgan fingerprint density at radius 2 is 2.11 bits per heavy atom. The number of nitrogens with one attached hydrogen (secondary N) is 1. The van der Waals surface area contributed by atoms with Crippen molar-refractivity contribution in [2.45, 2.75) is 44.2 Å². The zero-order valence-corrected chi connectivity index (χ0v) is 11.9. The third kappa shape index (κ3) is 3.91. The summed E-state index contributed by atoms with van der Waals surface area (Å²) in [7, 11) is -1.49. The lowest BCUT2D eigenvalue weighted by Gasteiger charge is -2.28. The highest BCUT2D eigenvalue weighted by Crippen LogP contribution is 2.16. The molecule has 2 unspecified atom stereocenters. The molecule has 2 rings (SSSR count). The molecule has 2 heterocycles. The van der Waals surface area contributed by atoms with Gasteiger partial charge in [0.2, 0.25) is 10.0 Å². The number of nitrogens with zero attached hydrogens (tertiary/aromatic N) is 1. The van der Waals surface area contributed by atoms with E-state index >= 15 is 0 Å². The quantitative estimate of drug-likeness (QED) is 0.797. The number of sulfonamides is 1. The van der Waals surface area contributed by atoms with E-state index in [2.05, 4.69) is 5.32 Å². The predicted octanol–water partition coefficient (Wildman–Crippen LogP) is 0.569. The normalized spacial score (nSPS) is 29.9. The maximum Gasteiger partial charge on any atom is 0.216 e. The van der Waals surface area contributed by atoms with Gasteiger partial charge in [-0.15, -0.1) is 0 Å². The third-order valence-electron chi connectivity index (χ3n) is 3.79. The average molecular weight is 276 g/mol. The summed E-state index contributed by atoms with van der Waals surface area (Å²) in [5.74, 6) is 0.135. The molecule has 0 spiro atoms. The largest absolute Gasteiger partial charge is 0.377 e. The summed E-state index contributed by atoms with van der Waals surface area (Å²) in [5, 5.41) is 3.38. The van der Waals surface area contributed by atoms with Crippen LogP contribution in [-0.2, 0) is 14.8 Å². The van der Waals surface area contributed by atoms with Gasteiger partial charge in [-0.2, -0.15) is 0 Å². The summed E-state index contributed by atoms with van der Waals surface area (Å²) in [4.78, 5) is 0. The first kappa shape index (κ1) is 14.2. The van der Waals surface area contributed by atoms with Gasteiger partial charge in [0.15, 0.2) is 0 Å². The average Bonchev–Trinajstić information content (AvgIpc) is 2.82. The third-order valence-corrected chi connectivity index (χ3v) is 5.68. The smallest absolute Gasteiger partial charge is 0.216 e. The first-order valence-corrected chi connectivity index (χ1v) is 8.48. The molecule has 0 aromatic carbocycles. The van der Waals surface area contributed by atoms with E-state index in [0.717, 1.165) is 25.8 Å². The first-order valence-electron chi connectivity index (χ1n) is 6.87. The highest BCUT2D eigenvalue weighted by atomic mass is 32.2. The fourth-order valence-corrected chi connectivity index (χ4v) is 4.04. The molecule has 0 aromatic heterocycles. The van der Waals surface area contributed by atoms with Gasteiger partial charge >= 0.3 is 0 Å². The second-order valence-corrected chi connectivity index (χ2v) is 7.46. The maximum atomic E-state index is 12.2. The topological polar surface area (TPSA) is 58.6 Å². The summed E-state index contributed by atoms with van der Waals surface area (Å²) in [6.07, 6.45) is 5.21. The van der Waals surface area contributed by atoms with E-state index in [4.69, 9.17) is 4.74 Å². The van der Waals surface area contributed by atoms with Crippen molar-refractivity contribution < 1.29 is 13.2 Å². The van der Waals surface area contributed by atoms with E-state index in [9.17, 15) is 8.42 Å². The Bertz CT molecular complexity index is 346. The van der Waals surface area contributed by atoms with Crippen molar-refractivity contribution in [3.05, 3.63) is 0 Å². The molecule has 5 nitrogen and oxygen atoms in total. The van der Waals surface area contributed by atoms with Crippen molar-refractivity contribution in [3.63, 3.8) is 0 Å². The van der Waals surface area contributed by atoms with Crippen LogP contribution in [0, 0.1) is 0 Å². The van der Waals surface area contributed by atoms with Crippen molar-refractivity contribution >= 4 is 10.0 Å². The summed E-state index contributed by atoms with van der Waals surface area (Å²) < 4.78 is 31.3. The Balaban J connectivity index is 1.83. The molecule has 2 saturated heterocycles. The Morgan fingerprint density at radius 3 is 2.72 bits per heavy atom. The molecule has 2 atom stereocenters. The van der Waals surface area contributed by atoms with Gasteiger partial charge in [0.05, 0.1) is 11.9 Å². The Kier molecular flexibility index (Phi) is 5.00. The number of likely N-dealkylation sites (N-methyl/N-ethyl adjacent to an activating group) is 1. The fourth-order valence-electron chi connectivity index (χ4n) is 2.64. The van der Waals surface area contributed by atoms with Gasteiger partial charge in [-0.25, -0.2) is 12.7 Å². The summed E-state index contributed by atoms with van der Waals surface area (Å²) >= 11 is 0. The van der Waals surface area contributed by atoms with Crippen LogP contribution < -0.4 is 5.32 Å². The fraction of sp³-hybridized carbons (Fsp3) is 1.00. The zero-order chi connectivity index (χ0) is 13.0. The van der Waals surface area contributed by atoms with Crippen molar-refractivity contribution in [3.8, 4) is 0 Å². The standard InChI is InChI=1S/C12H24N2O3S/c1-14(9-11-5-2-3-7-13-11)18(15,16)10-12-6-4-8-17-12/h11-13H,2-10H2,1H3. The van der Waals surface area contributed by atoms with E-state index in [1.165, 1.54) is 17.1 Å². The molecule has 2 fully saturated rings. The van der Waals surface area contributed by atoms with Crippen LogP contribution in [0.15, 0.2) is 0 Å². The number of piperidine rings is 1. The minimum Gasteiger partial charge on any atom is -0.377 e. The Morgan fingerprint density at radius 1 is 1.28 bits per heavy atom. The highest BCUT2D eigenvalue weighted by Gasteiger charge is 2.28. The van der Waals surface area contributed by atoms with Gasteiger partial charge in [0.25, 0.3) is 0 Å². The highest BCUT2D eigenvalue weighted by molar-refractivity contribution is 7.89. The van der Waals surface area contributed by atoms with Crippen LogP contribution in [0.2, 0.25) is 0 Å². The van der Waals surface area contributed by atoms with Crippen LogP contribution in [0.4, 0.5) is 0 Å². The van der Waals surface area contributed by atoms with Gasteiger partial charge in [-0.3, -0.25) is 0 Å². The van der Waals surface area contributed by atoms with Crippen LogP contribution in [0.1, 0.15) is 32.1 Å². The number of rotatable bonds is 5. The second kappa shape index (κ2) is 6.32. The van der Waals surface area contributed by atoms with Crippen LogP contribution in [0.3, 0.4) is 0 Å². The lowest BCUT2D eigenvalue weighted by molar-refractivity contribution is 0.126. The van der Waals surface area contributed by atoms with Crippen LogP contribution in [0.5, 0.6) is 0 Å². The van der Waals surface area contributed by atoms with Gasteiger partial charge < -0.3 is 10.1 Å². The minimum absolute atomic E-state index is 0.100. The van der Waals surface area contributed by atoms with Gasteiger partial charge in [-0.05, 0) is 32.2 Å². The number of hydrogen-bond donors (Lipinski definition) is 1. The maximum absolute atomic E-state index is 12.2. The SMILES string of the molecule is CN(CC1CCCCN1)S(=O)(=O)CC1CCCO1. The molecule has 1 N–H and O–H groups in total. The van der Waals surface area contributed by atoms with Crippen molar-refractivity contribution in [2.75, 3.05) is 32.5 Å². The molecule has 0 aromatic rings. The molecule has 0 bridgehead atoms. The van der Waals surface area contributed by atoms with Crippen molar-refractivity contribution in [1.29, 1.82) is 0 Å². The molecule has 2 aliphatic rings. The van der Waals surface area contributed by atoms with Crippen LogP contribution in [-0.4, -0.2) is 57.4 Å². The Labute approximate surface area is 110 Å². The zero-order valence-electron chi connectivity index (χ0n) is 11.1.